The number of hydrogen-bond acceptors (Lipinski definition) is 8. The van der Waals surface area contributed by atoms with Crippen LogP contribution in [0.1, 0.15) is 24.8 Å². The topological polar surface area (TPSA) is 110 Å². The Hall–Kier alpha value is -2.84. The molecule has 0 aliphatic carbocycles. The molecule has 3 aromatic rings. The zero-order valence-corrected chi connectivity index (χ0v) is 24.6. The molecule has 1 aromatic heterocycles. The lowest BCUT2D eigenvalue weighted by Gasteiger charge is -2.20. The van der Waals surface area contributed by atoms with Crippen molar-refractivity contribution in [2.75, 3.05) is 24.6 Å². The molecule has 1 atom stereocenters. The predicted molar refractivity (Wildman–Crippen MR) is 159 cm³/mol. The number of sulfonamides is 1. The van der Waals surface area contributed by atoms with Crippen LogP contribution in [0, 0.1) is 0 Å². The number of benzene rings is 2. The van der Waals surface area contributed by atoms with Crippen LogP contribution in [-0.2, 0) is 24.7 Å². The van der Waals surface area contributed by atoms with E-state index < -0.39 is 25.9 Å². The van der Waals surface area contributed by atoms with Gasteiger partial charge in [0.05, 0.1) is 33.0 Å². The van der Waals surface area contributed by atoms with Crippen LogP contribution in [0.25, 0.3) is 23.0 Å². The van der Waals surface area contributed by atoms with E-state index in [9.17, 15) is 21.6 Å². The summed E-state index contributed by atoms with van der Waals surface area (Å²) >= 11 is 6.61. The molecule has 2 aromatic carbocycles. The third-order valence-electron chi connectivity index (χ3n) is 7.26. The van der Waals surface area contributed by atoms with Crippen molar-refractivity contribution in [1.82, 2.24) is 19.0 Å². The lowest BCUT2D eigenvalue weighted by molar-refractivity contribution is -0.123. The van der Waals surface area contributed by atoms with Crippen molar-refractivity contribution in [3.8, 4) is 16.9 Å². The van der Waals surface area contributed by atoms with Gasteiger partial charge in [-0.3, -0.25) is 9.69 Å². The van der Waals surface area contributed by atoms with E-state index in [-0.39, 0.29) is 22.3 Å². The van der Waals surface area contributed by atoms with Crippen molar-refractivity contribution in [2.24, 2.45) is 0 Å². The second kappa shape index (κ2) is 10.5. The molecule has 208 valence electrons. The van der Waals surface area contributed by atoms with Gasteiger partial charge in [0.2, 0.25) is 10.0 Å². The Morgan fingerprint density at radius 1 is 1.05 bits per heavy atom. The van der Waals surface area contributed by atoms with E-state index in [2.05, 4.69) is 0 Å². The Kier molecular flexibility index (Phi) is 7.20. The Morgan fingerprint density at radius 2 is 1.80 bits per heavy atom. The first kappa shape index (κ1) is 27.3. The first-order valence-electron chi connectivity index (χ1n) is 12.9. The van der Waals surface area contributed by atoms with Gasteiger partial charge in [-0.15, -0.1) is 0 Å². The normalized spacial score (nSPS) is 22.6. The zero-order valence-electron chi connectivity index (χ0n) is 21.3. The zero-order chi connectivity index (χ0) is 28.1. The van der Waals surface area contributed by atoms with Crippen LogP contribution in [0.3, 0.4) is 0 Å². The van der Waals surface area contributed by atoms with Crippen LogP contribution in [0.2, 0.25) is 0 Å². The molecule has 9 nitrogen and oxygen atoms in total. The van der Waals surface area contributed by atoms with Crippen LogP contribution in [-0.4, -0.2) is 76.7 Å². The highest BCUT2D eigenvalue weighted by Crippen LogP contribution is 2.38. The molecule has 3 aliphatic heterocycles. The van der Waals surface area contributed by atoms with Gasteiger partial charge in [0.25, 0.3) is 5.91 Å². The molecule has 3 fully saturated rings. The molecule has 3 saturated heterocycles. The van der Waals surface area contributed by atoms with Gasteiger partial charge < -0.3 is 0 Å². The number of thiocarbonyl (C=S) groups is 1. The lowest BCUT2D eigenvalue weighted by Crippen LogP contribution is -2.39. The third-order valence-corrected chi connectivity index (χ3v) is 12.2. The maximum absolute atomic E-state index is 13.4. The summed E-state index contributed by atoms with van der Waals surface area (Å²) in [6, 6.07) is 15.7. The van der Waals surface area contributed by atoms with Gasteiger partial charge in [-0.05, 0) is 49.6 Å². The van der Waals surface area contributed by atoms with E-state index in [1.807, 2.05) is 30.3 Å². The van der Waals surface area contributed by atoms with Crippen molar-refractivity contribution < 1.29 is 21.6 Å². The van der Waals surface area contributed by atoms with E-state index in [1.54, 1.807) is 41.2 Å². The number of nitrogens with zero attached hydrogens (tertiary/aromatic N) is 4. The first-order chi connectivity index (χ1) is 19.1. The number of amides is 1. The van der Waals surface area contributed by atoms with Gasteiger partial charge in [-0.2, -0.15) is 9.40 Å². The van der Waals surface area contributed by atoms with Gasteiger partial charge in [-0.25, -0.2) is 21.5 Å². The number of thioether (sulfide) groups is 1. The first-order valence-corrected chi connectivity index (χ1v) is 17.3. The van der Waals surface area contributed by atoms with Crippen LogP contribution in [0.4, 0.5) is 0 Å². The number of aromatic nitrogens is 2. The fourth-order valence-electron chi connectivity index (χ4n) is 5.23. The standard InChI is InChI=1S/C27H26N4O5S4/c32-26-24(38-27(37)31(26)22-11-14-39(33,34)18-22)16-20-17-30(21-8-2-1-3-9-21)28-25(20)19-7-6-10-23(15-19)40(35,36)29-12-4-5-13-29/h1-3,6-10,15-17,22H,4-5,11-14,18H2. The minimum absolute atomic E-state index is 0.0401. The lowest BCUT2D eigenvalue weighted by atomic mass is 10.1. The van der Waals surface area contributed by atoms with Gasteiger partial charge in [0.1, 0.15) is 10.0 Å². The Morgan fingerprint density at radius 3 is 2.50 bits per heavy atom. The minimum atomic E-state index is -3.64. The van der Waals surface area contributed by atoms with E-state index in [4.69, 9.17) is 17.3 Å². The molecule has 0 radical (unpaired) electrons. The summed E-state index contributed by atoms with van der Waals surface area (Å²) in [6.45, 7) is 1.01. The summed E-state index contributed by atoms with van der Waals surface area (Å²) in [5.74, 6) is -0.387. The average molecular weight is 615 g/mol. The molecule has 1 amide bonds. The molecule has 4 heterocycles. The van der Waals surface area contributed by atoms with Crippen LogP contribution < -0.4 is 0 Å². The van der Waals surface area contributed by atoms with Gasteiger partial charge in [0.15, 0.2) is 9.84 Å². The van der Waals surface area contributed by atoms with Crippen molar-refractivity contribution in [3.63, 3.8) is 0 Å². The SMILES string of the molecule is O=C1C(=Cc2cn(-c3ccccc3)nc2-c2cccc(S(=O)(=O)N3CCCC3)c2)SC(=S)N1C1CCS(=O)(=O)C1. The highest BCUT2D eigenvalue weighted by Gasteiger charge is 2.42. The molecular formula is C27H26N4O5S4. The Labute approximate surface area is 242 Å². The van der Waals surface area contributed by atoms with E-state index in [0.717, 1.165) is 30.3 Å². The van der Waals surface area contributed by atoms with Crippen molar-refractivity contribution >= 4 is 60.1 Å². The number of carbonyl (C=O) groups is 1. The predicted octanol–water partition coefficient (Wildman–Crippen LogP) is 3.71. The third kappa shape index (κ3) is 5.16. The van der Waals surface area contributed by atoms with Crippen molar-refractivity contribution in [2.45, 2.75) is 30.2 Å². The number of sulfone groups is 1. The maximum atomic E-state index is 13.4. The summed E-state index contributed by atoms with van der Waals surface area (Å²) in [6.07, 6.45) is 5.54. The molecule has 0 saturated carbocycles. The number of rotatable bonds is 6. The smallest absolute Gasteiger partial charge is 0.266 e. The van der Waals surface area contributed by atoms with Crippen LogP contribution >= 0.6 is 24.0 Å². The monoisotopic (exact) mass is 614 g/mol. The highest BCUT2D eigenvalue weighted by molar-refractivity contribution is 8.26. The van der Waals surface area contributed by atoms with Gasteiger partial charge >= 0.3 is 0 Å². The molecule has 13 heteroatoms. The van der Waals surface area contributed by atoms with Crippen LogP contribution in [0.5, 0.6) is 0 Å². The number of para-hydroxylation sites is 1. The summed E-state index contributed by atoms with van der Waals surface area (Å²) in [5, 5.41) is 4.79. The molecule has 0 N–H and O–H groups in total. The van der Waals surface area contributed by atoms with E-state index >= 15 is 0 Å². The summed E-state index contributed by atoms with van der Waals surface area (Å²) < 4.78 is 54.2. The molecule has 6 rings (SSSR count). The minimum Gasteiger partial charge on any atom is -0.289 e. The number of hydrogen-bond donors (Lipinski definition) is 0. The fourth-order valence-corrected chi connectivity index (χ4v) is 9.88. The maximum Gasteiger partial charge on any atom is 0.266 e. The van der Waals surface area contributed by atoms with Gasteiger partial charge in [-0.1, -0.05) is 54.3 Å². The summed E-state index contributed by atoms with van der Waals surface area (Å²) in [5.41, 5.74) is 2.52. The van der Waals surface area contributed by atoms with Gasteiger partial charge in [0, 0.05) is 30.4 Å². The molecule has 0 bridgehead atoms. The molecular weight excluding hydrogens is 589 g/mol. The largest absolute Gasteiger partial charge is 0.289 e. The van der Waals surface area contributed by atoms with Crippen molar-refractivity contribution in [1.29, 1.82) is 0 Å². The Balaban J connectivity index is 1.41. The Bertz CT molecular complexity index is 1740. The van der Waals surface area contributed by atoms with Crippen molar-refractivity contribution in [3.05, 3.63) is 71.3 Å². The second-order valence-electron chi connectivity index (χ2n) is 9.96. The quantitative estimate of drug-likeness (QED) is 0.305. The fraction of sp³-hybridized carbons (Fsp3) is 0.296. The summed E-state index contributed by atoms with van der Waals surface area (Å²) in [7, 11) is -6.84. The number of carbonyl (C=O) groups excluding carboxylic acids is 1. The van der Waals surface area contributed by atoms with E-state index in [1.165, 1.54) is 9.21 Å². The van der Waals surface area contributed by atoms with E-state index in [0.29, 0.717) is 45.6 Å². The summed E-state index contributed by atoms with van der Waals surface area (Å²) in [4.78, 5) is 15.4. The van der Waals surface area contributed by atoms with Crippen LogP contribution in [0.15, 0.2) is 70.6 Å². The molecule has 40 heavy (non-hydrogen) atoms. The highest BCUT2D eigenvalue weighted by atomic mass is 32.2. The molecule has 0 spiro atoms. The molecule has 3 aliphatic rings. The average Bonchev–Trinajstić information content (AvgIpc) is 3.73. The second-order valence-corrected chi connectivity index (χ2v) is 15.8. The molecule has 1 unspecified atom stereocenters.